The third kappa shape index (κ3) is 4.50. The summed E-state index contributed by atoms with van der Waals surface area (Å²) in [6.45, 7) is 8.06. The first-order chi connectivity index (χ1) is 16.3. The van der Waals surface area contributed by atoms with Crippen LogP contribution in [0.1, 0.15) is 24.1 Å². The monoisotopic (exact) mass is 462 g/mol. The topological polar surface area (TPSA) is 78.5 Å². The van der Waals surface area contributed by atoms with Crippen molar-refractivity contribution in [2.24, 2.45) is 5.92 Å². The lowest BCUT2D eigenvalue weighted by Crippen LogP contribution is -2.07. The molecule has 3 N–H and O–H groups in total. The fraction of sp³-hybridized carbons (Fsp3) is 0.160. The van der Waals surface area contributed by atoms with Gasteiger partial charge in [0.15, 0.2) is 0 Å². The van der Waals surface area contributed by atoms with Crippen LogP contribution in [-0.2, 0) is 6.18 Å². The summed E-state index contributed by atoms with van der Waals surface area (Å²) in [5.74, 6) is 0.560. The highest BCUT2D eigenvalue weighted by Gasteiger charge is 2.30. The van der Waals surface area contributed by atoms with E-state index in [-0.39, 0.29) is 5.82 Å². The van der Waals surface area contributed by atoms with Crippen molar-refractivity contribution >= 4 is 28.1 Å². The van der Waals surface area contributed by atoms with Gasteiger partial charge in [-0.05, 0) is 54.7 Å². The Bertz CT molecular complexity index is 1400. The minimum atomic E-state index is -4.46. The van der Waals surface area contributed by atoms with Gasteiger partial charge in [0.25, 0.3) is 0 Å². The van der Waals surface area contributed by atoms with E-state index < -0.39 is 11.7 Å². The highest BCUT2D eigenvalue weighted by molar-refractivity contribution is 5.95. The molecule has 0 atom stereocenters. The van der Waals surface area contributed by atoms with E-state index in [1.807, 2.05) is 24.3 Å². The maximum Gasteiger partial charge on any atom is 0.416 e. The van der Waals surface area contributed by atoms with Crippen molar-refractivity contribution in [1.29, 1.82) is 0 Å². The highest BCUT2D eigenvalue weighted by atomic mass is 19.4. The van der Waals surface area contributed by atoms with E-state index in [0.717, 1.165) is 64.6 Å². The van der Waals surface area contributed by atoms with E-state index in [1.54, 1.807) is 12.4 Å². The second kappa shape index (κ2) is 8.33. The molecule has 1 fully saturated rings. The number of alkyl halides is 3. The lowest BCUT2D eigenvalue weighted by molar-refractivity contribution is -0.137. The van der Waals surface area contributed by atoms with Crippen LogP contribution in [0.5, 0.6) is 0 Å². The van der Waals surface area contributed by atoms with Gasteiger partial charge in [0.1, 0.15) is 11.5 Å². The zero-order chi connectivity index (χ0) is 23.9. The normalized spacial score (nSPS) is 13.6. The molecule has 6 nitrogen and oxygen atoms in total. The average Bonchev–Trinajstić information content (AvgIpc) is 3.58. The van der Waals surface area contributed by atoms with Crippen LogP contribution in [0.3, 0.4) is 0 Å². The van der Waals surface area contributed by atoms with Crippen molar-refractivity contribution < 1.29 is 13.2 Å². The molecule has 34 heavy (non-hydrogen) atoms. The third-order valence-electron chi connectivity index (χ3n) is 5.66. The van der Waals surface area contributed by atoms with Crippen molar-refractivity contribution in [2.45, 2.75) is 19.0 Å². The molecule has 1 saturated carbocycles. The summed E-state index contributed by atoms with van der Waals surface area (Å²) in [6.07, 6.45) is 2.49. The van der Waals surface area contributed by atoms with Crippen molar-refractivity contribution in [3.63, 3.8) is 0 Å². The molecule has 9 heteroatoms. The second-order valence-corrected chi connectivity index (χ2v) is 8.25. The van der Waals surface area contributed by atoms with Gasteiger partial charge in [-0.15, -0.1) is 0 Å². The van der Waals surface area contributed by atoms with Gasteiger partial charge in [-0.25, -0.2) is 4.98 Å². The van der Waals surface area contributed by atoms with Gasteiger partial charge in [-0.2, -0.15) is 18.3 Å². The number of fused-ring (bicyclic) bond motifs is 1. The van der Waals surface area contributed by atoms with E-state index in [4.69, 9.17) is 0 Å². The van der Waals surface area contributed by atoms with Crippen LogP contribution < -0.4 is 10.6 Å². The van der Waals surface area contributed by atoms with Crippen LogP contribution >= 0.6 is 0 Å². The molecule has 0 saturated heterocycles. The SMILES string of the molecule is C=C(Nc1cc(C(F)(F)F)ccn1)c1n[nH]c2ccc(-c3cncc(NC(=C)C4CC4)c3)cc12. The summed E-state index contributed by atoms with van der Waals surface area (Å²) in [4.78, 5) is 8.31. The van der Waals surface area contributed by atoms with Gasteiger partial charge < -0.3 is 10.6 Å². The molecule has 1 aliphatic rings. The Kier molecular flexibility index (Phi) is 5.31. The summed E-state index contributed by atoms with van der Waals surface area (Å²) < 4.78 is 39.1. The minimum Gasteiger partial charge on any atom is -0.358 e. The number of aromatic nitrogens is 4. The zero-order valence-electron chi connectivity index (χ0n) is 18.1. The number of hydrogen-bond acceptors (Lipinski definition) is 5. The number of halogens is 3. The first-order valence-electron chi connectivity index (χ1n) is 10.7. The van der Waals surface area contributed by atoms with Crippen LogP contribution in [0.25, 0.3) is 27.7 Å². The summed E-state index contributed by atoms with van der Waals surface area (Å²) in [5.41, 5.74) is 4.46. The average molecular weight is 462 g/mol. The van der Waals surface area contributed by atoms with E-state index >= 15 is 0 Å². The lowest BCUT2D eigenvalue weighted by atomic mass is 10.0. The van der Waals surface area contributed by atoms with Crippen LogP contribution in [0, 0.1) is 5.92 Å². The van der Waals surface area contributed by atoms with E-state index in [9.17, 15) is 13.2 Å². The molecule has 172 valence electrons. The van der Waals surface area contributed by atoms with Crippen LogP contribution in [0.15, 0.2) is 73.8 Å². The van der Waals surface area contributed by atoms with Gasteiger partial charge in [-0.3, -0.25) is 10.1 Å². The number of allylic oxidation sites excluding steroid dienone is 1. The van der Waals surface area contributed by atoms with Crippen LogP contribution in [0.2, 0.25) is 0 Å². The number of hydrogen-bond donors (Lipinski definition) is 3. The largest absolute Gasteiger partial charge is 0.416 e. The molecule has 0 bridgehead atoms. The number of benzene rings is 1. The molecule has 0 spiro atoms. The van der Waals surface area contributed by atoms with E-state index in [0.29, 0.717) is 17.3 Å². The van der Waals surface area contributed by atoms with Crippen molar-refractivity contribution in [2.75, 3.05) is 10.6 Å². The minimum absolute atomic E-state index is 0.0333. The summed E-state index contributed by atoms with van der Waals surface area (Å²) in [5, 5.41) is 14.2. The van der Waals surface area contributed by atoms with Crippen molar-refractivity contribution in [3.05, 3.63) is 85.1 Å². The number of rotatable bonds is 7. The number of nitrogens with one attached hydrogen (secondary N) is 3. The molecule has 1 aromatic carbocycles. The Morgan fingerprint density at radius 3 is 2.59 bits per heavy atom. The van der Waals surface area contributed by atoms with Crippen LogP contribution in [-0.4, -0.2) is 20.2 Å². The molecule has 0 amide bonds. The molecule has 3 aromatic heterocycles. The van der Waals surface area contributed by atoms with Crippen LogP contribution in [0.4, 0.5) is 24.7 Å². The Morgan fingerprint density at radius 1 is 1.00 bits per heavy atom. The number of aromatic amines is 1. The zero-order valence-corrected chi connectivity index (χ0v) is 18.1. The number of H-pyrrole nitrogens is 1. The Morgan fingerprint density at radius 2 is 1.82 bits per heavy atom. The maximum absolute atomic E-state index is 13.0. The predicted octanol–water partition coefficient (Wildman–Crippen LogP) is 6.46. The Labute approximate surface area is 193 Å². The summed E-state index contributed by atoms with van der Waals surface area (Å²) in [7, 11) is 0. The standard InChI is InChI=1S/C25H21F3N6/c1-14(16-3-4-16)31-20-9-18(12-29-13-20)17-5-6-22-21(10-17)24(34-33-22)15(2)32-23-11-19(7-8-30-23)25(26,27)28/h5-13,16,31H,1-4H2,(H,30,32)(H,33,34). The molecule has 1 aliphatic carbocycles. The Hall–Kier alpha value is -4.14. The van der Waals surface area contributed by atoms with Gasteiger partial charge in [0.2, 0.25) is 0 Å². The second-order valence-electron chi connectivity index (χ2n) is 8.25. The molecule has 4 aromatic rings. The highest BCUT2D eigenvalue weighted by Crippen LogP contribution is 2.36. The smallest absolute Gasteiger partial charge is 0.358 e. The van der Waals surface area contributed by atoms with Gasteiger partial charge in [0.05, 0.1) is 28.7 Å². The molecule has 5 rings (SSSR count). The van der Waals surface area contributed by atoms with Gasteiger partial charge in [0, 0.05) is 29.0 Å². The van der Waals surface area contributed by atoms with E-state index in [1.165, 1.54) is 0 Å². The number of pyridine rings is 2. The van der Waals surface area contributed by atoms with Crippen molar-refractivity contribution in [1.82, 2.24) is 20.2 Å². The quantitative estimate of drug-likeness (QED) is 0.294. The van der Waals surface area contributed by atoms with Gasteiger partial charge in [-0.1, -0.05) is 19.2 Å². The molecular weight excluding hydrogens is 441 g/mol. The lowest BCUT2D eigenvalue weighted by Gasteiger charge is -2.11. The maximum atomic E-state index is 13.0. The molecule has 0 aliphatic heterocycles. The number of nitrogens with zero attached hydrogens (tertiary/aromatic N) is 3. The predicted molar refractivity (Wildman–Crippen MR) is 127 cm³/mol. The first-order valence-corrected chi connectivity index (χ1v) is 10.7. The third-order valence-corrected chi connectivity index (χ3v) is 5.66. The number of anilines is 2. The molecule has 3 heterocycles. The fourth-order valence-corrected chi connectivity index (χ4v) is 3.70. The first kappa shape index (κ1) is 21.7. The van der Waals surface area contributed by atoms with E-state index in [2.05, 4.69) is 44.0 Å². The van der Waals surface area contributed by atoms with Crippen molar-refractivity contribution in [3.8, 4) is 11.1 Å². The fourth-order valence-electron chi connectivity index (χ4n) is 3.70. The summed E-state index contributed by atoms with van der Waals surface area (Å²) >= 11 is 0. The Balaban J connectivity index is 1.41. The molecule has 0 unspecified atom stereocenters. The van der Waals surface area contributed by atoms with Gasteiger partial charge >= 0.3 is 6.18 Å². The molecular formula is C25H21F3N6. The molecule has 0 radical (unpaired) electrons. The summed E-state index contributed by atoms with van der Waals surface area (Å²) in [6, 6.07) is 9.63.